The molecule has 0 amide bonds. The summed E-state index contributed by atoms with van der Waals surface area (Å²) in [6.07, 6.45) is 0. The van der Waals surface area contributed by atoms with E-state index in [0.717, 1.165) is 15.6 Å². The molecule has 0 aliphatic heterocycles. The molecule has 0 aliphatic rings. The van der Waals surface area contributed by atoms with E-state index in [1.54, 1.807) is 24.3 Å². The Bertz CT molecular complexity index is 671. The second-order valence-electron chi connectivity index (χ2n) is 4.61. The monoisotopic (exact) mass is 368 g/mol. The van der Waals surface area contributed by atoms with Gasteiger partial charge in [-0.05, 0) is 71.2 Å². The highest BCUT2D eigenvalue weighted by atomic mass is 79.9. The van der Waals surface area contributed by atoms with Crippen LogP contribution in [0.3, 0.4) is 0 Å². The van der Waals surface area contributed by atoms with Gasteiger partial charge in [0.15, 0.2) is 6.61 Å². The number of carbonyl (C=O) groups excluding carboxylic acids is 1. The van der Waals surface area contributed by atoms with E-state index in [9.17, 15) is 4.79 Å². The summed E-state index contributed by atoms with van der Waals surface area (Å²) in [5, 5.41) is 0.634. The molecule has 0 atom stereocenters. The Morgan fingerprint density at radius 2 is 1.95 bits per heavy atom. The molecule has 0 heterocycles. The fourth-order valence-corrected chi connectivity index (χ4v) is 2.43. The number of hydrogen-bond donors (Lipinski definition) is 0. The number of ether oxygens (including phenoxy) is 2. The van der Waals surface area contributed by atoms with Gasteiger partial charge in [0.25, 0.3) is 0 Å². The van der Waals surface area contributed by atoms with Crippen molar-refractivity contribution in [1.29, 1.82) is 0 Å². The van der Waals surface area contributed by atoms with Gasteiger partial charge < -0.3 is 9.47 Å². The van der Waals surface area contributed by atoms with Crippen molar-refractivity contribution in [1.82, 2.24) is 0 Å². The first-order valence-electron chi connectivity index (χ1n) is 6.31. The van der Waals surface area contributed by atoms with Gasteiger partial charge in [-0.3, -0.25) is 0 Å². The van der Waals surface area contributed by atoms with Crippen LogP contribution in [0.5, 0.6) is 11.5 Å². The number of benzene rings is 2. The highest BCUT2D eigenvalue weighted by Crippen LogP contribution is 2.26. The van der Waals surface area contributed by atoms with Crippen LogP contribution < -0.4 is 9.47 Å². The van der Waals surface area contributed by atoms with E-state index in [0.29, 0.717) is 16.5 Å². The first-order chi connectivity index (χ1) is 9.95. The van der Waals surface area contributed by atoms with Gasteiger partial charge in [-0.2, -0.15) is 0 Å². The summed E-state index contributed by atoms with van der Waals surface area (Å²) >= 11 is 9.31. The van der Waals surface area contributed by atoms with E-state index in [2.05, 4.69) is 15.9 Å². The number of halogens is 2. The van der Waals surface area contributed by atoms with Gasteiger partial charge >= 0.3 is 5.97 Å². The van der Waals surface area contributed by atoms with E-state index in [-0.39, 0.29) is 6.61 Å². The van der Waals surface area contributed by atoms with Crippen molar-refractivity contribution in [2.24, 2.45) is 0 Å². The van der Waals surface area contributed by atoms with Crippen molar-refractivity contribution in [3.63, 3.8) is 0 Å². The molecule has 3 nitrogen and oxygen atoms in total. The second kappa shape index (κ2) is 6.96. The normalized spacial score (nSPS) is 10.3. The smallest absolute Gasteiger partial charge is 0.349 e. The van der Waals surface area contributed by atoms with Crippen LogP contribution in [0.1, 0.15) is 11.1 Å². The maximum absolute atomic E-state index is 11.8. The lowest BCUT2D eigenvalue weighted by molar-refractivity contribution is -0.136. The van der Waals surface area contributed by atoms with Crippen molar-refractivity contribution in [2.45, 2.75) is 13.8 Å². The molecule has 2 rings (SSSR count). The van der Waals surface area contributed by atoms with E-state index in [4.69, 9.17) is 21.1 Å². The largest absolute Gasteiger partial charge is 0.481 e. The topological polar surface area (TPSA) is 35.5 Å². The lowest BCUT2D eigenvalue weighted by Gasteiger charge is -2.09. The van der Waals surface area contributed by atoms with E-state index in [1.165, 1.54) is 0 Å². The molecule has 21 heavy (non-hydrogen) atoms. The summed E-state index contributed by atoms with van der Waals surface area (Å²) in [4.78, 5) is 11.8. The maximum atomic E-state index is 11.8. The SMILES string of the molecule is Cc1ccc(OCC(=O)Oc2ccc(Cl)c(C)c2)c(Br)c1. The molecule has 0 aliphatic carbocycles. The Morgan fingerprint density at radius 3 is 2.62 bits per heavy atom. The molecule has 0 N–H and O–H groups in total. The molecule has 110 valence electrons. The number of aryl methyl sites for hydroxylation is 2. The van der Waals surface area contributed by atoms with Crippen molar-refractivity contribution in [3.8, 4) is 11.5 Å². The molecular weight excluding hydrogens is 356 g/mol. The zero-order valence-corrected chi connectivity index (χ0v) is 14.0. The average molecular weight is 370 g/mol. The standard InChI is InChI=1S/C16H14BrClO3/c1-10-3-6-15(13(17)7-10)20-9-16(19)21-12-4-5-14(18)11(2)8-12/h3-8H,9H2,1-2H3. The van der Waals surface area contributed by atoms with Gasteiger partial charge in [-0.15, -0.1) is 0 Å². The van der Waals surface area contributed by atoms with Crippen LogP contribution in [-0.2, 0) is 4.79 Å². The summed E-state index contributed by atoms with van der Waals surface area (Å²) in [5.41, 5.74) is 1.96. The third kappa shape index (κ3) is 4.48. The minimum Gasteiger partial charge on any atom is -0.481 e. The number of rotatable bonds is 4. The highest BCUT2D eigenvalue weighted by Gasteiger charge is 2.09. The van der Waals surface area contributed by atoms with Gasteiger partial charge in [0.2, 0.25) is 0 Å². The van der Waals surface area contributed by atoms with E-state index >= 15 is 0 Å². The zero-order chi connectivity index (χ0) is 15.4. The number of hydrogen-bond acceptors (Lipinski definition) is 3. The lowest BCUT2D eigenvalue weighted by Crippen LogP contribution is -2.17. The Kier molecular flexibility index (Phi) is 5.26. The summed E-state index contributed by atoms with van der Waals surface area (Å²) in [6, 6.07) is 10.7. The molecule has 0 aromatic heterocycles. The van der Waals surface area contributed by atoms with E-state index < -0.39 is 5.97 Å². The number of carbonyl (C=O) groups is 1. The van der Waals surface area contributed by atoms with Gasteiger partial charge in [-0.25, -0.2) is 4.79 Å². The fourth-order valence-electron chi connectivity index (χ4n) is 1.70. The Morgan fingerprint density at radius 1 is 1.19 bits per heavy atom. The van der Waals surface area contributed by atoms with Gasteiger partial charge in [0.05, 0.1) is 4.47 Å². The quantitative estimate of drug-likeness (QED) is 0.578. The summed E-state index contributed by atoms with van der Waals surface area (Å²) in [7, 11) is 0. The molecule has 0 spiro atoms. The fraction of sp³-hybridized carbons (Fsp3) is 0.188. The summed E-state index contributed by atoms with van der Waals surface area (Å²) < 4.78 is 11.4. The second-order valence-corrected chi connectivity index (χ2v) is 5.87. The van der Waals surface area contributed by atoms with Crippen LogP contribution in [0.15, 0.2) is 40.9 Å². The molecule has 0 saturated carbocycles. The molecule has 0 bridgehead atoms. The van der Waals surface area contributed by atoms with Crippen molar-refractivity contribution in [3.05, 3.63) is 57.0 Å². The third-order valence-electron chi connectivity index (χ3n) is 2.79. The molecule has 2 aromatic carbocycles. The summed E-state index contributed by atoms with van der Waals surface area (Å²) in [5.74, 6) is 0.586. The predicted molar refractivity (Wildman–Crippen MR) is 86.2 cm³/mol. The Balaban J connectivity index is 1.94. The van der Waals surface area contributed by atoms with Gasteiger partial charge in [-0.1, -0.05) is 17.7 Å². The average Bonchev–Trinajstić information content (AvgIpc) is 2.42. The Hall–Kier alpha value is -1.52. The summed E-state index contributed by atoms with van der Waals surface area (Å²) in [6.45, 7) is 3.66. The van der Waals surface area contributed by atoms with Crippen molar-refractivity contribution in [2.75, 3.05) is 6.61 Å². The maximum Gasteiger partial charge on any atom is 0.349 e. The van der Waals surface area contributed by atoms with Crippen LogP contribution >= 0.6 is 27.5 Å². The van der Waals surface area contributed by atoms with Crippen LogP contribution in [0, 0.1) is 13.8 Å². The molecule has 5 heteroatoms. The van der Waals surface area contributed by atoms with Crippen LogP contribution in [-0.4, -0.2) is 12.6 Å². The highest BCUT2D eigenvalue weighted by molar-refractivity contribution is 9.10. The van der Waals surface area contributed by atoms with Crippen molar-refractivity contribution >= 4 is 33.5 Å². The van der Waals surface area contributed by atoms with Crippen molar-refractivity contribution < 1.29 is 14.3 Å². The van der Waals surface area contributed by atoms with Crippen LogP contribution in [0.4, 0.5) is 0 Å². The third-order valence-corrected chi connectivity index (χ3v) is 3.84. The predicted octanol–water partition coefficient (Wildman–Crippen LogP) is 4.70. The zero-order valence-electron chi connectivity index (χ0n) is 11.7. The molecule has 0 fully saturated rings. The molecule has 0 unspecified atom stereocenters. The van der Waals surface area contributed by atoms with Gasteiger partial charge in [0, 0.05) is 5.02 Å². The first kappa shape index (κ1) is 15.9. The van der Waals surface area contributed by atoms with E-state index in [1.807, 2.05) is 26.0 Å². The molecule has 0 saturated heterocycles. The Labute approximate surface area is 137 Å². The van der Waals surface area contributed by atoms with Crippen LogP contribution in [0.2, 0.25) is 5.02 Å². The first-order valence-corrected chi connectivity index (χ1v) is 7.48. The van der Waals surface area contributed by atoms with Crippen LogP contribution in [0.25, 0.3) is 0 Å². The lowest BCUT2D eigenvalue weighted by atomic mass is 10.2. The minimum absolute atomic E-state index is 0.163. The molecule has 0 radical (unpaired) electrons. The molecular formula is C16H14BrClO3. The van der Waals surface area contributed by atoms with Gasteiger partial charge in [0.1, 0.15) is 11.5 Å². The minimum atomic E-state index is -0.468. The number of esters is 1. The molecule has 2 aromatic rings.